The Morgan fingerprint density at radius 3 is 0.974 bits per heavy atom. The van der Waals surface area contributed by atoms with Crippen LogP contribution in [0.25, 0.3) is 66.3 Å². The lowest BCUT2D eigenvalue weighted by Crippen LogP contribution is -2.51. The Labute approximate surface area is 689 Å². The van der Waals surface area contributed by atoms with Gasteiger partial charge in [-0.15, -0.1) is 0 Å². The second-order valence-electron chi connectivity index (χ2n) is 32.6. The molecule has 117 heavy (non-hydrogen) atoms. The van der Waals surface area contributed by atoms with E-state index in [1.165, 1.54) is 0 Å². The number of rotatable bonds is 12. The van der Waals surface area contributed by atoms with Gasteiger partial charge < -0.3 is 42.6 Å². The van der Waals surface area contributed by atoms with Crippen molar-refractivity contribution in [3.8, 4) is 0 Å². The van der Waals surface area contributed by atoms with Crippen LogP contribution in [0.3, 0.4) is 0 Å². The second-order valence-corrected chi connectivity index (χ2v) is 33.5. The van der Waals surface area contributed by atoms with Gasteiger partial charge in [-0.25, -0.2) is 29.3 Å². The van der Waals surface area contributed by atoms with E-state index in [9.17, 15) is 31.0 Å². The summed E-state index contributed by atoms with van der Waals surface area (Å²) in [4.78, 5) is 87.4. The van der Waals surface area contributed by atoms with Crippen LogP contribution in [0.2, 0.25) is 10.0 Å². The number of pyridine rings is 3. The predicted octanol–water partition coefficient (Wildman–Crippen LogP) is 17.7. The van der Waals surface area contributed by atoms with Crippen LogP contribution in [0.5, 0.6) is 0 Å². The normalized spacial score (nSPS) is 18.2. The summed E-state index contributed by atoms with van der Waals surface area (Å²) in [5, 5.41) is 13.8. The Kier molecular flexibility index (Phi) is 25.1. The average molecular weight is 1620 g/mol. The van der Waals surface area contributed by atoms with Crippen LogP contribution in [0.4, 0.5) is 14.4 Å². The minimum Gasteiger partial charge on any atom is -0.444 e. The number of aryl methyl sites for hydroxylation is 4. The zero-order chi connectivity index (χ0) is 83.2. The van der Waals surface area contributed by atoms with E-state index in [4.69, 9.17) is 52.4 Å². The van der Waals surface area contributed by atoms with Crippen molar-refractivity contribution < 1.29 is 28.6 Å². The van der Waals surface area contributed by atoms with E-state index >= 15 is 0 Å². The number of benzene rings is 3. The SMILES string of the molecule is Cc1ccc2c(c1)C(C(N=[N+]=[N-])c1cncn1C)=Cc1cccnc1[C@H]2N1CCN(C(=O)OC(C)(C)C)CC1.Cn1cncc1C(N=[N+]=[N-])C1=Cc2cccnc2[C@@H](N2CCN(C(=O)OC(C)(C)C)CC2)c2ccc(Cl)cc21.Cn1cncc1C(N=[N+]=[N-])C1=Cc2cccnc2[C@@H](N2CCN(C(=O)OC(C)(C)C)CC2)c2ccc(Cl)cc21. The number of hydrogen-bond acceptors (Lipinski definition) is 18. The third-order valence-electron chi connectivity index (χ3n) is 21.2. The number of carbonyl (C=O) groups is 3. The van der Waals surface area contributed by atoms with Crippen molar-refractivity contribution in [2.45, 2.75) is 122 Å². The van der Waals surface area contributed by atoms with Gasteiger partial charge in [0.1, 0.15) is 34.9 Å². The largest absolute Gasteiger partial charge is 0.444 e. The molecule has 0 N–H and O–H groups in total. The topological polar surface area (TPSA) is 337 Å². The number of imidazole rings is 3. The minimum absolute atomic E-state index is 0.135. The summed E-state index contributed by atoms with van der Waals surface area (Å²) in [5.74, 6) is 0. The molecule has 9 aromatic rings. The molecular formula is C85H96Cl2N24O6. The molecule has 6 atom stereocenters. The Hall–Kier alpha value is -11.8. The molecular weight excluding hydrogens is 1520 g/mol. The van der Waals surface area contributed by atoms with Gasteiger partial charge in [0.25, 0.3) is 0 Å². The van der Waals surface area contributed by atoms with E-state index in [0.29, 0.717) is 88.6 Å². The Balaban J connectivity index is 0.000000152. The maximum Gasteiger partial charge on any atom is 0.410 e. The minimum atomic E-state index is -0.629. The highest BCUT2D eigenvalue weighted by molar-refractivity contribution is 6.31. The van der Waals surface area contributed by atoms with Crippen LogP contribution in [-0.4, -0.2) is 187 Å². The van der Waals surface area contributed by atoms with E-state index in [2.05, 4.69) is 97.0 Å². The average Bonchev–Trinajstić information content (AvgIpc) is 1.64. The third-order valence-corrected chi connectivity index (χ3v) is 21.6. The van der Waals surface area contributed by atoms with Crippen LogP contribution < -0.4 is 0 Å². The van der Waals surface area contributed by atoms with E-state index in [1.807, 2.05) is 182 Å². The molecule has 3 aromatic carbocycles. The van der Waals surface area contributed by atoms with Gasteiger partial charge >= 0.3 is 18.3 Å². The lowest BCUT2D eigenvalue weighted by atomic mass is 9.89. The third kappa shape index (κ3) is 18.8. The van der Waals surface area contributed by atoms with Gasteiger partial charge in [0.05, 0.1) is 71.3 Å². The number of amides is 3. The first-order chi connectivity index (χ1) is 56.0. The number of nitrogens with zero attached hydrogens (tertiary/aromatic N) is 24. The predicted molar refractivity (Wildman–Crippen MR) is 449 cm³/mol. The lowest BCUT2D eigenvalue weighted by Gasteiger charge is -2.40. The van der Waals surface area contributed by atoms with Gasteiger partial charge in [0, 0.05) is 162 Å². The molecule has 0 saturated carbocycles. The van der Waals surface area contributed by atoms with Crippen molar-refractivity contribution in [3.63, 3.8) is 0 Å². The Morgan fingerprint density at radius 1 is 0.427 bits per heavy atom. The first kappa shape index (κ1) is 83.1. The molecule has 3 aliphatic heterocycles. The summed E-state index contributed by atoms with van der Waals surface area (Å²) in [6, 6.07) is 27.6. The highest BCUT2D eigenvalue weighted by atomic mass is 35.5. The molecule has 3 fully saturated rings. The monoisotopic (exact) mass is 1620 g/mol. The fourth-order valence-corrected chi connectivity index (χ4v) is 16.2. The molecule has 0 spiro atoms. The van der Waals surface area contributed by atoms with E-state index in [1.54, 1.807) is 64.7 Å². The molecule has 9 heterocycles. The van der Waals surface area contributed by atoms with Gasteiger partial charge in [-0.2, -0.15) is 0 Å². The molecule has 0 bridgehead atoms. The van der Waals surface area contributed by atoms with E-state index in [0.717, 1.165) is 107 Å². The molecule has 32 heteroatoms. The van der Waals surface area contributed by atoms with Crippen molar-refractivity contribution in [1.82, 2.24) is 73.0 Å². The zero-order valence-corrected chi connectivity index (χ0v) is 69.5. The van der Waals surface area contributed by atoms with Crippen molar-refractivity contribution in [3.05, 3.63) is 278 Å². The van der Waals surface area contributed by atoms with Crippen molar-refractivity contribution >= 4 is 76.4 Å². The fraction of sp³-hybridized carbons (Fsp3) is 0.400. The molecule has 3 amide bonds. The summed E-state index contributed by atoms with van der Waals surface area (Å²) in [7, 11) is 5.65. The molecule has 3 aliphatic carbocycles. The van der Waals surface area contributed by atoms with Crippen molar-refractivity contribution in [2.24, 2.45) is 36.5 Å². The first-order valence-electron chi connectivity index (χ1n) is 38.9. The number of piperazine rings is 3. The number of halogens is 2. The molecule has 606 valence electrons. The van der Waals surface area contributed by atoms with E-state index < -0.39 is 34.9 Å². The molecule has 0 radical (unpaired) electrons. The second kappa shape index (κ2) is 35.3. The summed E-state index contributed by atoms with van der Waals surface area (Å²) in [6.45, 7) is 26.1. The quantitative estimate of drug-likeness (QED) is 0.0475. The molecule has 6 aromatic heterocycles. The molecule has 30 nitrogen and oxygen atoms in total. The first-order valence-corrected chi connectivity index (χ1v) is 39.6. The highest BCUT2D eigenvalue weighted by Gasteiger charge is 2.41. The Morgan fingerprint density at radius 2 is 0.709 bits per heavy atom. The van der Waals surface area contributed by atoms with Crippen LogP contribution in [-0.2, 0) is 35.4 Å². The standard InChI is InChI=1S/C29H34N8O2.2C28H31ClN8O2/c1-19-8-9-21-22(15-19)23(26(33-34-30)24-17-31-18-35(24)5)16-20-7-6-10-32-25(20)27(21)36-11-13-37(14-12-36)28(38)39-29(2,3)4;2*1-28(2,3)39-27(38)37-12-10-36(11-13-37)26-20-8-7-19(29)15-21(20)22(14-18-6-5-9-32-24(18)26)25(33-34-30)23-16-31-17-35(23)4/h6-10,15-18,26-27H,11-14H2,1-5H3;2*5-9,14-17,25-26H,10-13H2,1-4H3/t26?,27-;2*25?,26-/m000/s1. The highest BCUT2D eigenvalue weighted by Crippen LogP contribution is 2.50. The summed E-state index contributed by atoms with van der Waals surface area (Å²) in [5.41, 5.74) is 44.4. The maximum absolute atomic E-state index is 12.7. The van der Waals surface area contributed by atoms with Crippen LogP contribution >= 0.6 is 23.2 Å². The summed E-state index contributed by atoms with van der Waals surface area (Å²) in [6.07, 6.45) is 21.0. The molecule has 3 unspecified atom stereocenters. The number of hydrogen-bond donors (Lipinski definition) is 0. The van der Waals surface area contributed by atoms with Crippen LogP contribution in [0.1, 0.15) is 188 Å². The van der Waals surface area contributed by atoms with Crippen LogP contribution in [0, 0.1) is 6.92 Å². The van der Waals surface area contributed by atoms with Gasteiger partial charge in [-0.3, -0.25) is 29.7 Å². The zero-order valence-electron chi connectivity index (χ0n) is 68.0. The maximum atomic E-state index is 12.7. The number of fused-ring (bicyclic) bond motifs is 6. The van der Waals surface area contributed by atoms with Crippen LogP contribution in [0.15, 0.2) is 163 Å². The smallest absolute Gasteiger partial charge is 0.410 e. The van der Waals surface area contributed by atoms with Crippen molar-refractivity contribution in [2.75, 3.05) is 78.5 Å². The van der Waals surface area contributed by atoms with Gasteiger partial charge in [-0.05, 0) is 213 Å². The summed E-state index contributed by atoms with van der Waals surface area (Å²) >= 11 is 13.1. The Bertz CT molecular complexity index is 4910. The molecule has 6 aliphatic rings. The lowest BCUT2D eigenvalue weighted by molar-refractivity contribution is 0.0109. The fourth-order valence-electron chi connectivity index (χ4n) is 15.9. The molecule has 3 saturated heterocycles. The number of aromatic nitrogens is 9. The van der Waals surface area contributed by atoms with Gasteiger partial charge in [-0.1, -0.05) is 92.6 Å². The molecule has 15 rings (SSSR count). The summed E-state index contributed by atoms with van der Waals surface area (Å²) < 4.78 is 22.4. The van der Waals surface area contributed by atoms with Gasteiger partial charge in [0.2, 0.25) is 0 Å². The van der Waals surface area contributed by atoms with Crippen molar-refractivity contribution in [1.29, 1.82) is 0 Å². The number of azide groups is 3. The number of carbonyl (C=O) groups excluding carboxylic acids is 3. The number of ether oxygens (including phenoxy) is 3. The van der Waals surface area contributed by atoms with Gasteiger partial charge in [0.15, 0.2) is 0 Å². The van der Waals surface area contributed by atoms with E-state index in [-0.39, 0.29) is 36.4 Å².